The summed E-state index contributed by atoms with van der Waals surface area (Å²) in [6, 6.07) is 0. The minimum Gasteiger partial charge on any atom is -0.339 e. The number of fused-ring (bicyclic) bond motifs is 1. The summed E-state index contributed by atoms with van der Waals surface area (Å²) in [5.41, 5.74) is 2.53. The molecule has 0 saturated heterocycles. The van der Waals surface area contributed by atoms with Crippen molar-refractivity contribution in [2.75, 3.05) is 12.0 Å². The van der Waals surface area contributed by atoms with E-state index < -0.39 is 11.2 Å². The van der Waals surface area contributed by atoms with Crippen LogP contribution in [0.3, 0.4) is 0 Å². The summed E-state index contributed by atoms with van der Waals surface area (Å²) in [5.74, 6) is 0. The molecule has 0 aliphatic carbocycles. The summed E-state index contributed by atoms with van der Waals surface area (Å²) >= 11 is 0. The second kappa shape index (κ2) is 5.52. The number of nitrogens with one attached hydrogen (secondary N) is 3. The van der Waals surface area contributed by atoms with E-state index in [1.165, 1.54) is 6.33 Å². The Kier molecular flexibility index (Phi) is 3.81. The lowest BCUT2D eigenvalue weighted by Gasteiger charge is -2.07. The van der Waals surface area contributed by atoms with Gasteiger partial charge >= 0.3 is 11.2 Å². The minimum absolute atomic E-state index is 0.286. The molecule has 0 radical (unpaired) electrons. The van der Waals surface area contributed by atoms with Crippen LogP contribution in [0.25, 0.3) is 11.2 Å². The molecule has 0 aliphatic heterocycles. The number of nitrogens with zero attached hydrogens (tertiary/aromatic N) is 2. The highest BCUT2D eigenvalue weighted by Gasteiger charge is 2.08. The number of imidazole rings is 1. The molecule has 7 nitrogen and oxygen atoms in total. The highest BCUT2D eigenvalue weighted by atomic mass is 16.2. The van der Waals surface area contributed by atoms with Crippen molar-refractivity contribution in [1.82, 2.24) is 19.6 Å². The van der Waals surface area contributed by atoms with Crippen LogP contribution in [0.4, 0.5) is 0 Å². The topological polar surface area (TPSA) is 95.6 Å². The molecule has 0 aliphatic rings. The monoisotopic (exact) mass is 251 g/mol. The van der Waals surface area contributed by atoms with Crippen LogP contribution < -0.4 is 16.7 Å². The highest BCUT2D eigenvalue weighted by molar-refractivity contribution is 5.67. The van der Waals surface area contributed by atoms with E-state index in [4.69, 9.17) is 0 Å². The first-order valence-corrected chi connectivity index (χ1v) is 6.16. The molecular formula is C11H17N5O2. The largest absolute Gasteiger partial charge is 0.349 e. The van der Waals surface area contributed by atoms with Gasteiger partial charge in [-0.05, 0) is 6.42 Å². The maximum atomic E-state index is 11.9. The smallest absolute Gasteiger partial charge is 0.339 e. The SMILES string of the molecule is CCCCCCNn1c(=O)[nH]c2nc[nH]c2c1=O. The van der Waals surface area contributed by atoms with Gasteiger partial charge in [-0.3, -0.25) is 9.78 Å². The summed E-state index contributed by atoms with van der Waals surface area (Å²) in [4.78, 5) is 32.7. The van der Waals surface area contributed by atoms with Crippen LogP contribution >= 0.6 is 0 Å². The molecule has 0 spiro atoms. The van der Waals surface area contributed by atoms with Crippen molar-refractivity contribution in [3.05, 3.63) is 27.2 Å². The highest BCUT2D eigenvalue weighted by Crippen LogP contribution is 1.97. The lowest BCUT2D eigenvalue weighted by atomic mass is 10.2. The molecule has 2 aromatic rings. The number of hydrogen-bond acceptors (Lipinski definition) is 4. The molecule has 2 heterocycles. The number of aromatic amines is 2. The van der Waals surface area contributed by atoms with Crippen molar-refractivity contribution in [2.24, 2.45) is 0 Å². The normalized spacial score (nSPS) is 10.9. The van der Waals surface area contributed by atoms with E-state index in [1.807, 2.05) is 0 Å². The molecule has 18 heavy (non-hydrogen) atoms. The first-order valence-electron chi connectivity index (χ1n) is 6.16. The molecule has 2 rings (SSSR count). The van der Waals surface area contributed by atoms with Gasteiger partial charge in [0.2, 0.25) is 0 Å². The quantitative estimate of drug-likeness (QED) is 0.653. The van der Waals surface area contributed by atoms with Crippen molar-refractivity contribution in [1.29, 1.82) is 0 Å². The molecule has 0 unspecified atom stereocenters. The van der Waals surface area contributed by atoms with Gasteiger partial charge in [-0.15, -0.1) is 0 Å². The molecular weight excluding hydrogens is 234 g/mol. The van der Waals surface area contributed by atoms with Crippen molar-refractivity contribution < 1.29 is 0 Å². The Bertz CT molecular complexity index is 624. The van der Waals surface area contributed by atoms with Gasteiger partial charge in [0.15, 0.2) is 11.2 Å². The van der Waals surface area contributed by atoms with E-state index in [0.29, 0.717) is 12.1 Å². The van der Waals surface area contributed by atoms with Gasteiger partial charge in [0.25, 0.3) is 0 Å². The van der Waals surface area contributed by atoms with E-state index in [2.05, 4.69) is 27.3 Å². The number of aromatic nitrogens is 4. The average molecular weight is 251 g/mol. The van der Waals surface area contributed by atoms with Gasteiger partial charge in [-0.25, -0.2) is 9.78 Å². The predicted molar refractivity (Wildman–Crippen MR) is 69.3 cm³/mol. The molecule has 2 aromatic heterocycles. The van der Waals surface area contributed by atoms with Gasteiger partial charge in [0.05, 0.1) is 6.33 Å². The zero-order valence-corrected chi connectivity index (χ0v) is 10.3. The zero-order chi connectivity index (χ0) is 13.0. The van der Waals surface area contributed by atoms with E-state index in [0.717, 1.165) is 30.4 Å². The van der Waals surface area contributed by atoms with Crippen molar-refractivity contribution in [3.63, 3.8) is 0 Å². The molecule has 0 aromatic carbocycles. The van der Waals surface area contributed by atoms with Gasteiger partial charge in [0, 0.05) is 6.54 Å². The van der Waals surface area contributed by atoms with Crippen LogP contribution in [0.5, 0.6) is 0 Å². The van der Waals surface area contributed by atoms with Crippen LogP contribution in [0.2, 0.25) is 0 Å². The minimum atomic E-state index is -0.491. The van der Waals surface area contributed by atoms with Crippen molar-refractivity contribution in [3.8, 4) is 0 Å². The maximum Gasteiger partial charge on any atom is 0.349 e. The Morgan fingerprint density at radius 2 is 2.17 bits per heavy atom. The van der Waals surface area contributed by atoms with Crippen molar-refractivity contribution in [2.45, 2.75) is 32.6 Å². The fourth-order valence-electron chi connectivity index (χ4n) is 1.80. The van der Waals surface area contributed by atoms with E-state index >= 15 is 0 Å². The summed E-state index contributed by atoms with van der Waals surface area (Å²) in [6.07, 6.45) is 5.71. The second-order valence-corrected chi connectivity index (χ2v) is 4.17. The molecule has 7 heteroatoms. The molecule has 0 atom stereocenters. The first-order chi connectivity index (χ1) is 8.74. The first kappa shape index (κ1) is 12.4. The van der Waals surface area contributed by atoms with Crippen molar-refractivity contribution >= 4 is 11.2 Å². The molecule has 98 valence electrons. The molecule has 0 amide bonds. The molecule has 0 saturated carbocycles. The summed E-state index contributed by atoms with van der Waals surface area (Å²) < 4.78 is 0.993. The third-order valence-corrected chi connectivity index (χ3v) is 2.78. The van der Waals surface area contributed by atoms with Gasteiger partial charge < -0.3 is 10.4 Å². The maximum absolute atomic E-state index is 11.9. The number of H-pyrrole nitrogens is 2. The number of unbranched alkanes of at least 4 members (excludes halogenated alkanes) is 3. The number of rotatable bonds is 6. The van der Waals surface area contributed by atoms with Gasteiger partial charge in [-0.2, -0.15) is 4.68 Å². The summed E-state index contributed by atoms with van der Waals surface area (Å²) in [6.45, 7) is 2.73. The third kappa shape index (κ3) is 2.44. The van der Waals surface area contributed by atoms with E-state index in [-0.39, 0.29) is 5.65 Å². The van der Waals surface area contributed by atoms with Gasteiger partial charge in [0.1, 0.15) is 0 Å². The Balaban J connectivity index is 2.13. The zero-order valence-electron chi connectivity index (χ0n) is 10.3. The standard InChI is InChI=1S/C11H17N5O2/c1-2-3-4-5-6-14-16-10(17)8-9(13-7-12-8)15-11(16)18/h7,14H,2-6H2,1H3,(H,12,13)(H,15,18). The van der Waals surface area contributed by atoms with E-state index in [9.17, 15) is 9.59 Å². The molecule has 0 fully saturated rings. The Hall–Kier alpha value is -2.05. The Labute approximate surface area is 103 Å². The molecule has 0 bridgehead atoms. The predicted octanol–water partition coefficient (Wildman–Crippen LogP) is 0.537. The van der Waals surface area contributed by atoms with Gasteiger partial charge in [-0.1, -0.05) is 26.2 Å². The fraction of sp³-hybridized carbons (Fsp3) is 0.545. The van der Waals surface area contributed by atoms with Crippen LogP contribution in [0, 0.1) is 0 Å². The summed E-state index contributed by atoms with van der Waals surface area (Å²) in [5, 5.41) is 0. The lowest BCUT2D eigenvalue weighted by molar-refractivity contribution is 0.648. The third-order valence-electron chi connectivity index (χ3n) is 2.78. The second-order valence-electron chi connectivity index (χ2n) is 4.17. The van der Waals surface area contributed by atoms with E-state index in [1.54, 1.807) is 0 Å². The molecule has 3 N–H and O–H groups in total. The summed E-state index contributed by atoms with van der Waals surface area (Å²) in [7, 11) is 0. The fourth-order valence-corrected chi connectivity index (χ4v) is 1.80. The van der Waals surface area contributed by atoms with Crippen LogP contribution in [-0.4, -0.2) is 26.2 Å². The Morgan fingerprint density at radius 3 is 2.94 bits per heavy atom. The average Bonchev–Trinajstić information content (AvgIpc) is 2.80. The number of hydrogen-bond donors (Lipinski definition) is 3. The van der Waals surface area contributed by atoms with Crippen LogP contribution in [-0.2, 0) is 0 Å². The lowest BCUT2D eigenvalue weighted by Crippen LogP contribution is -2.41. The van der Waals surface area contributed by atoms with Crippen LogP contribution in [0.15, 0.2) is 15.9 Å². The van der Waals surface area contributed by atoms with Crippen LogP contribution in [0.1, 0.15) is 32.6 Å². The Morgan fingerprint density at radius 1 is 1.33 bits per heavy atom.